The van der Waals surface area contributed by atoms with Gasteiger partial charge in [0.25, 0.3) is 11.8 Å². The molecule has 13 heteroatoms. The van der Waals surface area contributed by atoms with Gasteiger partial charge in [0, 0.05) is 29.9 Å². The summed E-state index contributed by atoms with van der Waals surface area (Å²) < 4.78 is 5.41. The maximum absolute atomic E-state index is 14.5. The number of para-hydroxylation sites is 1. The number of fused-ring (bicyclic) bond motifs is 2. The Morgan fingerprint density at radius 1 is 0.827 bits per heavy atom. The summed E-state index contributed by atoms with van der Waals surface area (Å²) in [5.74, 6) is -5.67. The number of nitrogens with two attached hydrogens (primary N) is 1. The molecule has 13 nitrogen and oxygen atoms in total. The summed E-state index contributed by atoms with van der Waals surface area (Å²) in [7, 11) is 0. The van der Waals surface area contributed by atoms with Crippen LogP contribution in [-0.4, -0.2) is 74.4 Å². The van der Waals surface area contributed by atoms with Crippen LogP contribution in [0.2, 0.25) is 0 Å². The number of ether oxygens (including phenoxy) is 1. The Balaban J connectivity index is 1.67. The second-order valence-corrected chi connectivity index (χ2v) is 15.1. The van der Waals surface area contributed by atoms with Crippen molar-refractivity contribution in [3.05, 3.63) is 84.1 Å². The minimum Gasteiger partial charge on any atom is -0.481 e. The quantitative estimate of drug-likeness (QED) is 0.139. The highest BCUT2D eigenvalue weighted by molar-refractivity contribution is 6.15. The van der Waals surface area contributed by atoms with Crippen LogP contribution in [0.25, 0.3) is 21.7 Å². The molecule has 4 rings (SSSR count). The van der Waals surface area contributed by atoms with Crippen molar-refractivity contribution in [2.75, 3.05) is 0 Å². The zero-order chi connectivity index (χ0) is 38.4. The average Bonchev–Trinajstić information content (AvgIpc) is 3.44. The van der Waals surface area contributed by atoms with E-state index in [0.29, 0.717) is 10.5 Å². The highest BCUT2D eigenvalue weighted by atomic mass is 16.6. The van der Waals surface area contributed by atoms with Gasteiger partial charge in [-0.1, -0.05) is 81.4 Å². The lowest BCUT2D eigenvalue weighted by molar-refractivity contribution is -0.159. The zero-order valence-corrected chi connectivity index (χ0v) is 30.3. The van der Waals surface area contributed by atoms with Gasteiger partial charge in [0.1, 0.15) is 17.7 Å². The van der Waals surface area contributed by atoms with Crippen molar-refractivity contribution in [1.82, 2.24) is 20.5 Å². The average molecular weight is 714 g/mol. The maximum atomic E-state index is 14.5. The summed E-state index contributed by atoms with van der Waals surface area (Å²) in [6.45, 7) is 10.1. The normalized spacial score (nSPS) is 13.5. The number of rotatable bonds is 12. The molecule has 4 aromatic rings. The van der Waals surface area contributed by atoms with Gasteiger partial charge in [-0.05, 0) is 60.6 Å². The van der Waals surface area contributed by atoms with E-state index in [1.165, 1.54) is 0 Å². The van der Waals surface area contributed by atoms with Crippen LogP contribution in [0.4, 0.5) is 4.79 Å². The molecule has 0 saturated heterocycles. The van der Waals surface area contributed by atoms with Gasteiger partial charge >= 0.3 is 12.1 Å². The number of amides is 5. The Kier molecular flexibility index (Phi) is 12.2. The lowest BCUT2D eigenvalue weighted by atomic mass is 9.91. The summed E-state index contributed by atoms with van der Waals surface area (Å²) in [6.07, 6.45) is -0.686. The van der Waals surface area contributed by atoms with E-state index in [9.17, 15) is 33.9 Å². The second kappa shape index (κ2) is 16.2. The summed E-state index contributed by atoms with van der Waals surface area (Å²) in [6, 6.07) is 15.9. The molecular weight excluding hydrogens is 666 g/mol. The molecule has 52 heavy (non-hydrogen) atoms. The van der Waals surface area contributed by atoms with Crippen molar-refractivity contribution >= 4 is 57.4 Å². The van der Waals surface area contributed by atoms with Crippen LogP contribution in [0.15, 0.2) is 72.9 Å². The molecule has 0 aliphatic heterocycles. The summed E-state index contributed by atoms with van der Waals surface area (Å²) in [5.41, 5.74) is 6.66. The predicted molar refractivity (Wildman–Crippen MR) is 196 cm³/mol. The van der Waals surface area contributed by atoms with Gasteiger partial charge in [0.2, 0.25) is 11.8 Å². The van der Waals surface area contributed by atoms with E-state index in [-0.39, 0.29) is 19.3 Å². The number of H-pyrrole nitrogens is 1. The number of aromatic amines is 1. The molecule has 1 heterocycles. The Hall–Kier alpha value is -5.56. The van der Waals surface area contributed by atoms with Gasteiger partial charge in [0.05, 0.1) is 12.5 Å². The van der Waals surface area contributed by atoms with E-state index in [1.54, 1.807) is 53.8 Å². The SMILES string of the molecule is CC(C)(C)CC(=O)N(C(=O)[C@H](Cc1c[nH]c2ccccc12)NC(=O)OC(C)(C)C)C(=O)[C@H](CC(=O)O)NC(=O)[C@@H](N)Cc1ccc2ccccc2c1. The van der Waals surface area contributed by atoms with Gasteiger partial charge in [0.15, 0.2) is 0 Å². The van der Waals surface area contributed by atoms with Crippen molar-refractivity contribution in [1.29, 1.82) is 0 Å². The fourth-order valence-electron chi connectivity index (χ4n) is 5.73. The van der Waals surface area contributed by atoms with E-state index in [2.05, 4.69) is 15.6 Å². The largest absolute Gasteiger partial charge is 0.481 e. The molecule has 0 spiro atoms. The standard InChI is InChI=1S/C39H47N5O8/c1-38(2,3)21-32(45)44(35(49)30(43-37(51)52-39(4,5)6)19-26-22-41-29-14-10-9-13-27(26)29)36(50)31(20-33(46)47)42-34(48)28(40)18-23-15-16-24-11-7-8-12-25(24)17-23/h7-17,22,28,30-31,41H,18-21,40H2,1-6H3,(H,42,48)(H,43,51)(H,46,47)/t28-,30-,31-/m0/s1. The first-order valence-corrected chi connectivity index (χ1v) is 17.0. The number of carboxylic acids is 1. The smallest absolute Gasteiger partial charge is 0.408 e. The molecule has 0 saturated carbocycles. The number of hydrogen-bond acceptors (Lipinski definition) is 8. The number of benzene rings is 3. The highest BCUT2D eigenvalue weighted by Crippen LogP contribution is 2.24. The third-order valence-electron chi connectivity index (χ3n) is 8.06. The van der Waals surface area contributed by atoms with Crippen molar-refractivity contribution in [2.24, 2.45) is 11.1 Å². The summed E-state index contributed by atoms with van der Waals surface area (Å²) >= 11 is 0. The number of hydrogen-bond donors (Lipinski definition) is 5. The molecular formula is C39H47N5O8. The molecule has 276 valence electrons. The fraction of sp³-hybridized carbons (Fsp3) is 0.385. The number of imide groups is 3. The van der Waals surface area contributed by atoms with Crippen LogP contribution in [0.5, 0.6) is 0 Å². The highest BCUT2D eigenvalue weighted by Gasteiger charge is 2.41. The molecule has 3 atom stereocenters. The van der Waals surface area contributed by atoms with Gasteiger partial charge in [-0.15, -0.1) is 0 Å². The molecule has 0 unspecified atom stereocenters. The van der Waals surface area contributed by atoms with Crippen molar-refractivity contribution < 1.29 is 38.6 Å². The minimum absolute atomic E-state index is 0.0583. The Morgan fingerprint density at radius 2 is 1.46 bits per heavy atom. The third kappa shape index (κ3) is 10.7. The monoisotopic (exact) mass is 713 g/mol. The van der Waals surface area contributed by atoms with E-state index in [4.69, 9.17) is 10.5 Å². The number of carboxylic acid groups (broad SMARTS) is 1. The topological polar surface area (TPSA) is 201 Å². The molecule has 0 radical (unpaired) electrons. The maximum Gasteiger partial charge on any atom is 0.408 e. The first kappa shape index (κ1) is 39.2. The van der Waals surface area contributed by atoms with Gasteiger partial charge in [-0.25, -0.2) is 9.69 Å². The molecule has 6 N–H and O–H groups in total. The molecule has 0 aliphatic carbocycles. The number of alkyl carbamates (subject to hydrolysis) is 1. The van der Waals surface area contributed by atoms with Crippen molar-refractivity contribution in [3.63, 3.8) is 0 Å². The van der Waals surface area contributed by atoms with Crippen LogP contribution in [-0.2, 0) is 41.6 Å². The van der Waals surface area contributed by atoms with Crippen LogP contribution in [0.1, 0.15) is 65.5 Å². The first-order valence-electron chi connectivity index (χ1n) is 17.0. The number of aromatic nitrogens is 1. The van der Waals surface area contributed by atoms with Crippen molar-refractivity contribution in [3.8, 4) is 0 Å². The fourth-order valence-corrected chi connectivity index (χ4v) is 5.73. The lowest BCUT2D eigenvalue weighted by Crippen LogP contribution is -2.60. The molecule has 0 aliphatic rings. The van der Waals surface area contributed by atoms with Crippen LogP contribution >= 0.6 is 0 Å². The van der Waals surface area contributed by atoms with Crippen LogP contribution < -0.4 is 16.4 Å². The molecule has 0 bridgehead atoms. The Morgan fingerprint density at radius 3 is 2.12 bits per heavy atom. The van der Waals surface area contributed by atoms with E-state index in [0.717, 1.165) is 27.2 Å². The summed E-state index contributed by atoms with van der Waals surface area (Å²) in [4.78, 5) is 84.5. The Bertz CT molecular complexity index is 1970. The van der Waals surface area contributed by atoms with E-state index < -0.39 is 71.3 Å². The number of aliphatic carboxylic acids is 1. The Labute approximate surface area is 302 Å². The summed E-state index contributed by atoms with van der Waals surface area (Å²) in [5, 5.41) is 17.3. The molecule has 1 aromatic heterocycles. The van der Waals surface area contributed by atoms with E-state index in [1.807, 2.05) is 60.7 Å². The van der Waals surface area contributed by atoms with Crippen LogP contribution in [0, 0.1) is 5.41 Å². The number of carbonyl (C=O) groups is 6. The lowest BCUT2D eigenvalue weighted by Gasteiger charge is -2.31. The number of carbonyl (C=O) groups excluding carboxylic acids is 5. The molecule has 0 fully saturated rings. The second-order valence-electron chi connectivity index (χ2n) is 15.1. The van der Waals surface area contributed by atoms with Gasteiger partial charge in [-0.3, -0.25) is 24.0 Å². The molecule has 3 aromatic carbocycles. The van der Waals surface area contributed by atoms with E-state index >= 15 is 0 Å². The third-order valence-corrected chi connectivity index (χ3v) is 8.06. The first-order chi connectivity index (χ1) is 24.3. The number of nitrogens with one attached hydrogen (secondary N) is 3. The predicted octanol–water partition coefficient (Wildman–Crippen LogP) is 4.60. The zero-order valence-electron chi connectivity index (χ0n) is 30.3. The molecule has 5 amide bonds. The van der Waals surface area contributed by atoms with Gasteiger partial charge < -0.3 is 31.2 Å². The minimum atomic E-state index is -1.85. The van der Waals surface area contributed by atoms with Crippen molar-refractivity contribution in [2.45, 2.75) is 91.0 Å². The van der Waals surface area contributed by atoms with Crippen LogP contribution in [0.3, 0.4) is 0 Å². The number of nitrogens with zero attached hydrogens (tertiary/aromatic N) is 1. The van der Waals surface area contributed by atoms with Gasteiger partial charge in [-0.2, -0.15) is 0 Å².